The Morgan fingerprint density at radius 1 is 1.22 bits per heavy atom. The van der Waals surface area contributed by atoms with Crippen LogP contribution in [0.1, 0.15) is 38.8 Å². The maximum absolute atomic E-state index is 12.1. The molecule has 4 nitrogen and oxygen atoms in total. The first-order chi connectivity index (χ1) is 8.19. The van der Waals surface area contributed by atoms with E-state index in [0.29, 0.717) is 5.56 Å². The Morgan fingerprint density at radius 2 is 1.83 bits per heavy atom. The van der Waals surface area contributed by atoms with Crippen LogP contribution in [0.2, 0.25) is 0 Å². The van der Waals surface area contributed by atoms with Crippen LogP contribution in [-0.2, 0) is 23.1 Å². The first-order valence-corrected chi connectivity index (χ1v) is 7.44. The van der Waals surface area contributed by atoms with Crippen LogP contribution in [0.25, 0.3) is 0 Å². The topological polar surface area (TPSA) is 66.4 Å². The third kappa shape index (κ3) is 3.80. The van der Waals surface area contributed by atoms with Crippen LogP contribution < -0.4 is 4.72 Å². The first kappa shape index (κ1) is 15.1. The highest BCUT2D eigenvalue weighted by molar-refractivity contribution is 7.89. The third-order valence-corrected chi connectivity index (χ3v) is 4.24. The molecule has 0 spiro atoms. The van der Waals surface area contributed by atoms with Gasteiger partial charge < -0.3 is 5.11 Å². The van der Waals surface area contributed by atoms with Crippen LogP contribution in [0.15, 0.2) is 23.1 Å². The molecule has 0 aliphatic carbocycles. The van der Waals surface area contributed by atoms with Crippen molar-refractivity contribution in [2.75, 3.05) is 0 Å². The normalized spacial score (nSPS) is 12.7. The summed E-state index contributed by atoms with van der Waals surface area (Å²) >= 11 is 0. The summed E-state index contributed by atoms with van der Waals surface area (Å²) in [4.78, 5) is 0.193. The molecule has 1 aromatic rings. The van der Waals surface area contributed by atoms with Crippen LogP contribution in [0.5, 0.6) is 0 Å². The summed E-state index contributed by atoms with van der Waals surface area (Å²) in [5.74, 6) is 0. The molecule has 0 bridgehead atoms. The SMILES string of the molecule is CCc1ccc(S(=O)(=O)NC(C)(C)C)cc1CO. The van der Waals surface area contributed by atoms with Crippen molar-refractivity contribution in [3.63, 3.8) is 0 Å². The Hall–Kier alpha value is -0.910. The van der Waals surface area contributed by atoms with E-state index in [9.17, 15) is 13.5 Å². The van der Waals surface area contributed by atoms with Gasteiger partial charge in [-0.1, -0.05) is 13.0 Å². The number of hydrogen-bond donors (Lipinski definition) is 2. The van der Waals surface area contributed by atoms with Crippen molar-refractivity contribution < 1.29 is 13.5 Å². The third-order valence-electron chi connectivity index (χ3n) is 2.48. The van der Waals surface area contributed by atoms with Gasteiger partial charge in [0.2, 0.25) is 10.0 Å². The van der Waals surface area contributed by atoms with Gasteiger partial charge in [-0.15, -0.1) is 0 Å². The van der Waals surface area contributed by atoms with Crippen molar-refractivity contribution in [1.29, 1.82) is 0 Å². The lowest BCUT2D eigenvalue weighted by Crippen LogP contribution is -2.40. The number of aliphatic hydroxyl groups is 1. The molecule has 0 amide bonds. The zero-order valence-corrected chi connectivity index (χ0v) is 12.1. The van der Waals surface area contributed by atoms with Crippen molar-refractivity contribution >= 4 is 10.0 Å². The van der Waals surface area contributed by atoms with Crippen LogP contribution in [0.3, 0.4) is 0 Å². The fourth-order valence-corrected chi connectivity index (χ4v) is 3.19. The lowest BCUT2D eigenvalue weighted by molar-refractivity contribution is 0.280. The molecule has 0 unspecified atom stereocenters. The average molecular weight is 271 g/mol. The first-order valence-electron chi connectivity index (χ1n) is 5.96. The molecule has 18 heavy (non-hydrogen) atoms. The number of benzene rings is 1. The lowest BCUT2D eigenvalue weighted by Gasteiger charge is -2.20. The van der Waals surface area contributed by atoms with E-state index >= 15 is 0 Å². The van der Waals surface area contributed by atoms with Gasteiger partial charge in [0.15, 0.2) is 0 Å². The van der Waals surface area contributed by atoms with Gasteiger partial charge >= 0.3 is 0 Å². The Labute approximate surface area is 109 Å². The molecule has 0 radical (unpaired) electrons. The second-order valence-electron chi connectivity index (χ2n) is 5.30. The van der Waals surface area contributed by atoms with Crippen LogP contribution >= 0.6 is 0 Å². The van der Waals surface area contributed by atoms with Gasteiger partial charge in [-0.05, 0) is 50.5 Å². The molecule has 0 fully saturated rings. The standard InChI is InChI=1S/C13H21NO3S/c1-5-10-6-7-12(8-11(10)9-15)18(16,17)14-13(2,3)4/h6-8,14-15H,5,9H2,1-4H3. The highest BCUT2D eigenvalue weighted by Crippen LogP contribution is 2.18. The second kappa shape index (κ2) is 5.38. The highest BCUT2D eigenvalue weighted by Gasteiger charge is 2.22. The zero-order valence-electron chi connectivity index (χ0n) is 11.3. The summed E-state index contributed by atoms with van der Waals surface area (Å²) in [6.45, 7) is 7.19. The fraction of sp³-hybridized carbons (Fsp3) is 0.538. The molecule has 0 saturated carbocycles. The molecule has 0 aromatic heterocycles. The maximum Gasteiger partial charge on any atom is 0.241 e. The van der Waals surface area contributed by atoms with Gasteiger partial charge in [-0.2, -0.15) is 0 Å². The summed E-state index contributed by atoms with van der Waals surface area (Å²) in [7, 11) is -3.54. The molecule has 0 aliphatic rings. The fourth-order valence-electron chi connectivity index (χ4n) is 1.72. The summed E-state index contributed by atoms with van der Waals surface area (Å²) < 4.78 is 26.8. The molecule has 102 valence electrons. The quantitative estimate of drug-likeness (QED) is 0.878. The Balaban J connectivity index is 3.18. The number of hydrogen-bond acceptors (Lipinski definition) is 3. The number of aliphatic hydroxyl groups excluding tert-OH is 1. The minimum Gasteiger partial charge on any atom is -0.392 e. The predicted molar refractivity (Wildman–Crippen MR) is 71.8 cm³/mol. The van der Waals surface area contributed by atoms with E-state index in [0.717, 1.165) is 12.0 Å². The molecular weight excluding hydrogens is 250 g/mol. The van der Waals surface area contributed by atoms with Crippen LogP contribution in [0.4, 0.5) is 0 Å². The minimum absolute atomic E-state index is 0.151. The van der Waals surface area contributed by atoms with Gasteiger partial charge in [0.05, 0.1) is 11.5 Å². The number of sulfonamides is 1. The van der Waals surface area contributed by atoms with Crippen molar-refractivity contribution in [3.05, 3.63) is 29.3 Å². The van der Waals surface area contributed by atoms with Gasteiger partial charge in [-0.25, -0.2) is 13.1 Å². The molecule has 0 aliphatic heterocycles. The Kier molecular flexibility index (Phi) is 4.53. The molecule has 0 atom stereocenters. The summed E-state index contributed by atoms with van der Waals surface area (Å²) in [5.41, 5.74) is 1.10. The minimum atomic E-state index is -3.54. The van der Waals surface area contributed by atoms with Gasteiger partial charge in [0.1, 0.15) is 0 Å². The second-order valence-corrected chi connectivity index (χ2v) is 6.98. The molecule has 0 saturated heterocycles. The van der Waals surface area contributed by atoms with E-state index in [1.54, 1.807) is 32.9 Å². The predicted octanol–water partition coefficient (Wildman–Crippen LogP) is 1.82. The molecule has 1 rings (SSSR count). The van der Waals surface area contributed by atoms with E-state index in [1.807, 2.05) is 6.92 Å². The Morgan fingerprint density at radius 3 is 2.28 bits per heavy atom. The van der Waals surface area contributed by atoms with E-state index in [1.165, 1.54) is 6.07 Å². The summed E-state index contributed by atoms with van der Waals surface area (Å²) in [6.07, 6.45) is 0.767. The van der Waals surface area contributed by atoms with Gasteiger partial charge in [0.25, 0.3) is 0 Å². The molecule has 5 heteroatoms. The van der Waals surface area contributed by atoms with E-state index in [4.69, 9.17) is 0 Å². The summed E-state index contributed by atoms with van der Waals surface area (Å²) in [5, 5.41) is 9.26. The van der Waals surface area contributed by atoms with Gasteiger partial charge in [-0.3, -0.25) is 0 Å². The number of aryl methyl sites for hydroxylation is 1. The van der Waals surface area contributed by atoms with Crippen molar-refractivity contribution in [1.82, 2.24) is 4.72 Å². The molecule has 1 aromatic carbocycles. The number of rotatable bonds is 4. The van der Waals surface area contributed by atoms with E-state index < -0.39 is 15.6 Å². The van der Waals surface area contributed by atoms with Crippen molar-refractivity contribution in [2.45, 2.75) is 51.2 Å². The molecule has 0 heterocycles. The molecule has 2 N–H and O–H groups in total. The van der Waals surface area contributed by atoms with Crippen LogP contribution in [0, 0.1) is 0 Å². The monoisotopic (exact) mass is 271 g/mol. The van der Waals surface area contributed by atoms with Crippen LogP contribution in [-0.4, -0.2) is 19.1 Å². The van der Waals surface area contributed by atoms with Crippen molar-refractivity contribution in [2.24, 2.45) is 0 Å². The average Bonchev–Trinajstić information content (AvgIpc) is 2.24. The highest BCUT2D eigenvalue weighted by atomic mass is 32.2. The van der Waals surface area contributed by atoms with Crippen molar-refractivity contribution in [3.8, 4) is 0 Å². The maximum atomic E-state index is 12.1. The zero-order chi connectivity index (χ0) is 14.0. The Bertz CT molecular complexity index is 516. The van der Waals surface area contributed by atoms with E-state index in [-0.39, 0.29) is 11.5 Å². The largest absolute Gasteiger partial charge is 0.392 e. The number of nitrogens with one attached hydrogen (secondary N) is 1. The molecular formula is C13H21NO3S. The van der Waals surface area contributed by atoms with E-state index in [2.05, 4.69) is 4.72 Å². The smallest absolute Gasteiger partial charge is 0.241 e. The summed E-state index contributed by atoms with van der Waals surface area (Å²) in [6, 6.07) is 4.86. The lowest BCUT2D eigenvalue weighted by atomic mass is 10.1. The van der Waals surface area contributed by atoms with Gasteiger partial charge in [0, 0.05) is 5.54 Å².